The molecule has 0 spiro atoms. The fraction of sp³-hybridized carbons (Fsp3) is 0.800. The summed E-state index contributed by atoms with van der Waals surface area (Å²) in [5.74, 6) is 1.74. The standard InChI is InChI=1S/C15H26N4/c1-3-5-18-11-17-7-13(18)10-19-9-12-6-16-8-14(12)15(19)4-2/h7,11-12,14-16H,3-6,8-10H2,1-2H3. The molecule has 0 bridgehead atoms. The molecular weight excluding hydrogens is 236 g/mol. The average molecular weight is 262 g/mol. The smallest absolute Gasteiger partial charge is 0.0948 e. The van der Waals surface area contributed by atoms with Crippen LogP contribution < -0.4 is 5.32 Å². The van der Waals surface area contributed by atoms with Crippen LogP contribution in [0.1, 0.15) is 32.4 Å². The first kappa shape index (κ1) is 13.1. The highest BCUT2D eigenvalue weighted by atomic mass is 15.2. The van der Waals surface area contributed by atoms with Gasteiger partial charge in [-0.2, -0.15) is 0 Å². The predicted molar refractivity (Wildman–Crippen MR) is 76.9 cm³/mol. The number of hydrogen-bond acceptors (Lipinski definition) is 3. The number of hydrogen-bond donors (Lipinski definition) is 1. The lowest BCUT2D eigenvalue weighted by atomic mass is 9.93. The van der Waals surface area contributed by atoms with E-state index in [1.807, 2.05) is 6.33 Å². The molecule has 0 amide bonds. The normalized spacial score (nSPS) is 30.9. The quantitative estimate of drug-likeness (QED) is 0.877. The Hall–Kier alpha value is -0.870. The third kappa shape index (κ3) is 2.43. The van der Waals surface area contributed by atoms with Crippen LogP contribution in [0, 0.1) is 11.8 Å². The second-order valence-corrected chi connectivity index (χ2v) is 6.07. The molecule has 0 aliphatic carbocycles. The minimum absolute atomic E-state index is 0.755. The van der Waals surface area contributed by atoms with Crippen molar-refractivity contribution in [1.29, 1.82) is 0 Å². The second kappa shape index (κ2) is 5.63. The molecular formula is C15H26N4. The molecule has 0 radical (unpaired) electrons. The number of fused-ring (bicyclic) bond motifs is 1. The van der Waals surface area contributed by atoms with E-state index in [1.165, 1.54) is 38.2 Å². The maximum atomic E-state index is 4.33. The van der Waals surface area contributed by atoms with E-state index in [1.54, 1.807) is 0 Å². The lowest BCUT2D eigenvalue weighted by Gasteiger charge is -2.27. The van der Waals surface area contributed by atoms with Gasteiger partial charge in [-0.1, -0.05) is 13.8 Å². The first-order valence-electron chi connectivity index (χ1n) is 7.77. The first-order chi connectivity index (χ1) is 9.33. The van der Waals surface area contributed by atoms with Gasteiger partial charge < -0.3 is 9.88 Å². The zero-order chi connectivity index (χ0) is 13.2. The van der Waals surface area contributed by atoms with E-state index in [4.69, 9.17) is 0 Å². The van der Waals surface area contributed by atoms with Crippen molar-refractivity contribution in [3.05, 3.63) is 18.2 Å². The van der Waals surface area contributed by atoms with E-state index in [9.17, 15) is 0 Å². The van der Waals surface area contributed by atoms with Gasteiger partial charge in [-0.05, 0) is 37.8 Å². The monoisotopic (exact) mass is 262 g/mol. The topological polar surface area (TPSA) is 33.1 Å². The Morgan fingerprint density at radius 1 is 1.37 bits per heavy atom. The van der Waals surface area contributed by atoms with Gasteiger partial charge in [-0.3, -0.25) is 4.90 Å². The zero-order valence-electron chi connectivity index (χ0n) is 12.2. The summed E-state index contributed by atoms with van der Waals surface area (Å²) in [5.41, 5.74) is 1.38. The van der Waals surface area contributed by atoms with Crippen LogP contribution in [0.4, 0.5) is 0 Å². The first-order valence-corrected chi connectivity index (χ1v) is 7.77. The minimum atomic E-state index is 0.755. The Labute approximate surface area is 116 Å². The fourth-order valence-corrected chi connectivity index (χ4v) is 3.98. The van der Waals surface area contributed by atoms with Crippen molar-refractivity contribution in [2.45, 2.75) is 45.8 Å². The number of nitrogens with one attached hydrogen (secondary N) is 1. The van der Waals surface area contributed by atoms with E-state index in [0.717, 1.165) is 31.0 Å². The number of likely N-dealkylation sites (tertiary alicyclic amines) is 1. The molecule has 4 nitrogen and oxygen atoms in total. The summed E-state index contributed by atoms with van der Waals surface area (Å²) in [6.07, 6.45) is 6.48. The van der Waals surface area contributed by atoms with Crippen LogP contribution in [0.5, 0.6) is 0 Å². The molecule has 2 aliphatic heterocycles. The van der Waals surface area contributed by atoms with Gasteiger partial charge >= 0.3 is 0 Å². The van der Waals surface area contributed by atoms with E-state index in [-0.39, 0.29) is 0 Å². The lowest BCUT2D eigenvalue weighted by molar-refractivity contribution is 0.205. The summed E-state index contributed by atoms with van der Waals surface area (Å²) in [6.45, 7) is 10.4. The van der Waals surface area contributed by atoms with Gasteiger partial charge in [-0.15, -0.1) is 0 Å². The maximum Gasteiger partial charge on any atom is 0.0948 e. The Balaban J connectivity index is 1.70. The van der Waals surface area contributed by atoms with Crippen LogP contribution in [0.2, 0.25) is 0 Å². The van der Waals surface area contributed by atoms with Crippen LogP contribution in [-0.4, -0.2) is 40.1 Å². The molecule has 0 aromatic carbocycles. The van der Waals surface area contributed by atoms with E-state index in [0.29, 0.717) is 0 Å². The summed E-state index contributed by atoms with van der Waals surface area (Å²) < 4.78 is 2.32. The highest BCUT2D eigenvalue weighted by molar-refractivity contribution is 5.04. The van der Waals surface area contributed by atoms with E-state index in [2.05, 4.69) is 39.8 Å². The van der Waals surface area contributed by atoms with Crippen LogP contribution in [-0.2, 0) is 13.1 Å². The molecule has 3 atom stereocenters. The van der Waals surface area contributed by atoms with E-state index < -0.39 is 0 Å². The summed E-state index contributed by atoms with van der Waals surface area (Å²) in [5, 5.41) is 3.56. The predicted octanol–water partition coefficient (Wildman–Crippen LogP) is 1.72. The van der Waals surface area contributed by atoms with Gasteiger partial charge in [0.25, 0.3) is 0 Å². The van der Waals surface area contributed by atoms with Crippen LogP contribution in [0.3, 0.4) is 0 Å². The van der Waals surface area contributed by atoms with Crippen molar-refractivity contribution >= 4 is 0 Å². The van der Waals surface area contributed by atoms with Crippen molar-refractivity contribution in [3.8, 4) is 0 Å². The molecule has 1 aromatic heterocycles. The summed E-state index contributed by atoms with van der Waals surface area (Å²) in [4.78, 5) is 7.02. The van der Waals surface area contributed by atoms with Crippen molar-refractivity contribution in [2.24, 2.45) is 11.8 Å². The van der Waals surface area contributed by atoms with E-state index >= 15 is 0 Å². The molecule has 1 aromatic rings. The van der Waals surface area contributed by atoms with Gasteiger partial charge in [0.1, 0.15) is 0 Å². The Kier molecular flexibility index (Phi) is 3.89. The summed E-state index contributed by atoms with van der Waals surface area (Å²) in [7, 11) is 0. The SMILES string of the molecule is CCCn1cncc1CN1CC2CNCC2C1CC. The maximum absolute atomic E-state index is 4.33. The van der Waals surface area contributed by atoms with Crippen molar-refractivity contribution in [1.82, 2.24) is 19.8 Å². The van der Waals surface area contributed by atoms with Crippen LogP contribution >= 0.6 is 0 Å². The Morgan fingerprint density at radius 2 is 2.26 bits per heavy atom. The van der Waals surface area contributed by atoms with Crippen LogP contribution in [0.15, 0.2) is 12.5 Å². The molecule has 2 aliphatic rings. The number of nitrogens with zero attached hydrogens (tertiary/aromatic N) is 3. The van der Waals surface area contributed by atoms with Crippen molar-refractivity contribution in [3.63, 3.8) is 0 Å². The summed E-state index contributed by atoms with van der Waals surface area (Å²) in [6, 6.07) is 0.755. The van der Waals surface area contributed by atoms with Gasteiger partial charge in [0.15, 0.2) is 0 Å². The highest BCUT2D eigenvalue weighted by Crippen LogP contribution is 2.35. The lowest BCUT2D eigenvalue weighted by Crippen LogP contribution is -2.35. The third-order valence-corrected chi connectivity index (χ3v) is 4.87. The second-order valence-electron chi connectivity index (χ2n) is 6.07. The molecule has 3 heterocycles. The van der Waals surface area contributed by atoms with Gasteiger partial charge in [0.2, 0.25) is 0 Å². The highest BCUT2D eigenvalue weighted by Gasteiger charge is 2.43. The van der Waals surface area contributed by atoms with Crippen LogP contribution in [0.25, 0.3) is 0 Å². The third-order valence-electron chi connectivity index (χ3n) is 4.87. The number of aromatic nitrogens is 2. The molecule has 106 valence electrons. The van der Waals surface area contributed by atoms with Crippen molar-refractivity contribution in [2.75, 3.05) is 19.6 Å². The molecule has 2 saturated heterocycles. The molecule has 3 unspecified atom stereocenters. The molecule has 4 heteroatoms. The van der Waals surface area contributed by atoms with Gasteiger partial charge in [-0.25, -0.2) is 4.98 Å². The average Bonchev–Trinajstić information content (AvgIpc) is 3.07. The number of aryl methyl sites for hydroxylation is 1. The fourth-order valence-electron chi connectivity index (χ4n) is 3.98. The number of imidazole rings is 1. The molecule has 3 rings (SSSR count). The number of rotatable bonds is 5. The molecule has 19 heavy (non-hydrogen) atoms. The zero-order valence-corrected chi connectivity index (χ0v) is 12.2. The minimum Gasteiger partial charge on any atom is -0.333 e. The molecule has 1 N–H and O–H groups in total. The molecule has 0 saturated carbocycles. The van der Waals surface area contributed by atoms with Crippen molar-refractivity contribution < 1.29 is 0 Å². The Morgan fingerprint density at radius 3 is 3.05 bits per heavy atom. The van der Waals surface area contributed by atoms with Gasteiger partial charge in [0, 0.05) is 31.9 Å². The molecule has 2 fully saturated rings. The summed E-state index contributed by atoms with van der Waals surface area (Å²) >= 11 is 0. The van der Waals surface area contributed by atoms with Gasteiger partial charge in [0.05, 0.1) is 12.0 Å². The Bertz CT molecular complexity index is 414. The largest absolute Gasteiger partial charge is 0.333 e.